The van der Waals surface area contributed by atoms with Gasteiger partial charge in [-0.1, -0.05) is 30.7 Å². The van der Waals surface area contributed by atoms with E-state index in [0.717, 1.165) is 79.1 Å². The van der Waals surface area contributed by atoms with Crippen molar-refractivity contribution in [2.24, 2.45) is 0 Å². The maximum Gasteiger partial charge on any atom is 0.407 e. The van der Waals surface area contributed by atoms with Crippen molar-refractivity contribution in [1.82, 2.24) is 40.4 Å². The van der Waals surface area contributed by atoms with Gasteiger partial charge in [0.1, 0.15) is 23.7 Å². The number of carbonyl (C=O) groups excluding carboxylic acids is 4. The monoisotopic (exact) mass is 734 g/mol. The lowest BCUT2D eigenvalue weighted by Gasteiger charge is -2.41. The Morgan fingerprint density at radius 2 is 1.17 bits per heavy atom. The van der Waals surface area contributed by atoms with Gasteiger partial charge in [0.15, 0.2) is 0 Å². The van der Waals surface area contributed by atoms with Gasteiger partial charge in [-0.25, -0.2) is 19.6 Å². The second-order valence-electron chi connectivity index (χ2n) is 14.9. The van der Waals surface area contributed by atoms with Crippen LogP contribution in [0.5, 0.6) is 0 Å². The zero-order valence-electron chi connectivity index (χ0n) is 31.0. The maximum atomic E-state index is 13.3. The second-order valence-corrected chi connectivity index (χ2v) is 14.9. The number of fused-ring (bicyclic) bond motifs is 5. The fraction of sp³-hybridized carbons (Fsp3) is 0.450. The van der Waals surface area contributed by atoms with Gasteiger partial charge in [0.05, 0.1) is 50.1 Å². The summed E-state index contributed by atoms with van der Waals surface area (Å²) in [6, 6.07) is 11.5. The number of rotatable bonds is 8. The van der Waals surface area contributed by atoms with Gasteiger partial charge in [-0.2, -0.15) is 0 Å². The molecule has 3 fully saturated rings. The van der Waals surface area contributed by atoms with E-state index in [1.54, 1.807) is 23.6 Å². The highest BCUT2D eigenvalue weighted by Gasteiger charge is 2.48. The van der Waals surface area contributed by atoms with E-state index >= 15 is 0 Å². The van der Waals surface area contributed by atoms with E-state index in [0.29, 0.717) is 13.1 Å². The summed E-state index contributed by atoms with van der Waals surface area (Å²) < 4.78 is 9.36. The lowest BCUT2D eigenvalue weighted by molar-refractivity contribution is -0.134. The average molecular weight is 735 g/mol. The molecule has 4 aromatic rings. The number of imidazole rings is 2. The molecule has 2 aliphatic carbocycles. The summed E-state index contributed by atoms with van der Waals surface area (Å²) in [5.41, 5.74) is 8.99. The van der Waals surface area contributed by atoms with Crippen LogP contribution < -0.4 is 10.6 Å². The topological polar surface area (TPSA) is 175 Å². The minimum atomic E-state index is -0.708. The highest BCUT2D eigenvalue weighted by molar-refractivity contribution is 5.88. The van der Waals surface area contributed by atoms with Crippen molar-refractivity contribution in [3.05, 3.63) is 71.6 Å². The summed E-state index contributed by atoms with van der Waals surface area (Å²) in [5, 5.41) is 5.17. The van der Waals surface area contributed by atoms with Crippen LogP contribution in [-0.4, -0.2) is 93.1 Å². The molecule has 54 heavy (non-hydrogen) atoms. The van der Waals surface area contributed by atoms with Crippen LogP contribution in [0.2, 0.25) is 0 Å². The molecule has 1 unspecified atom stereocenters. The van der Waals surface area contributed by atoms with E-state index in [1.165, 1.54) is 36.5 Å². The van der Waals surface area contributed by atoms with Gasteiger partial charge in [-0.05, 0) is 97.9 Å². The molecule has 4 heterocycles. The number of likely N-dealkylation sites (tertiary alicyclic amines) is 2. The summed E-state index contributed by atoms with van der Waals surface area (Å²) in [6.45, 7) is 4.53. The van der Waals surface area contributed by atoms with E-state index in [1.807, 2.05) is 12.4 Å². The predicted molar refractivity (Wildman–Crippen MR) is 199 cm³/mol. The number of alkyl carbamates (subject to hydrolysis) is 2. The number of nitrogens with zero attached hydrogens (tertiary/aromatic N) is 4. The quantitative estimate of drug-likeness (QED) is 0.178. The molecule has 0 bridgehead atoms. The van der Waals surface area contributed by atoms with Gasteiger partial charge < -0.3 is 39.9 Å². The highest BCUT2D eigenvalue weighted by atomic mass is 16.5. The second kappa shape index (κ2) is 14.0. The zero-order valence-corrected chi connectivity index (χ0v) is 31.0. The first-order valence-corrected chi connectivity index (χ1v) is 18.8. The minimum Gasteiger partial charge on any atom is -0.453 e. The predicted octanol–water partition coefficient (Wildman–Crippen LogP) is 5.73. The molecule has 4 atom stereocenters. The molecular weight excluding hydrogens is 688 g/mol. The van der Waals surface area contributed by atoms with E-state index < -0.39 is 24.3 Å². The van der Waals surface area contributed by atoms with E-state index in [9.17, 15) is 19.2 Å². The number of benzene rings is 2. The van der Waals surface area contributed by atoms with Gasteiger partial charge in [0.2, 0.25) is 11.8 Å². The van der Waals surface area contributed by atoms with Crippen LogP contribution in [0.3, 0.4) is 0 Å². The number of hydrogen-bond donors (Lipinski definition) is 4. The summed E-state index contributed by atoms with van der Waals surface area (Å²) in [6.07, 6.45) is 9.01. The van der Waals surface area contributed by atoms with Crippen LogP contribution in [0.4, 0.5) is 9.59 Å². The fourth-order valence-electron chi connectivity index (χ4n) is 8.93. The van der Waals surface area contributed by atoms with Crippen LogP contribution in [0.1, 0.15) is 93.7 Å². The number of methoxy groups -OCH3 is 2. The molecule has 1 spiro atoms. The smallest absolute Gasteiger partial charge is 0.407 e. The van der Waals surface area contributed by atoms with Gasteiger partial charge in [0.25, 0.3) is 0 Å². The number of amides is 4. The van der Waals surface area contributed by atoms with Crippen LogP contribution in [0.25, 0.3) is 33.6 Å². The number of aromatic amines is 2. The summed E-state index contributed by atoms with van der Waals surface area (Å²) in [7, 11) is 2.56. The molecule has 8 rings (SSSR count). The summed E-state index contributed by atoms with van der Waals surface area (Å²) in [4.78, 5) is 70.1. The molecule has 2 saturated heterocycles. The number of nitrogens with one attached hydrogen (secondary N) is 4. The van der Waals surface area contributed by atoms with Gasteiger partial charge in [0, 0.05) is 18.5 Å². The van der Waals surface area contributed by atoms with Crippen molar-refractivity contribution in [3.8, 4) is 33.6 Å². The molecular formula is C40H46N8O6. The van der Waals surface area contributed by atoms with Crippen molar-refractivity contribution >= 4 is 24.0 Å². The van der Waals surface area contributed by atoms with Gasteiger partial charge in [-0.15, -0.1) is 0 Å². The Morgan fingerprint density at radius 1 is 0.722 bits per heavy atom. The fourth-order valence-corrected chi connectivity index (χ4v) is 8.93. The summed E-state index contributed by atoms with van der Waals surface area (Å²) in [5.74, 6) is 1.15. The standard InChI is InChI=1S/C40H46N8O6/c1-22(43-38(51)53-3)36(49)47-16-5-8-32(47)34-41-20-30(45-34)24-10-12-26-27-13-11-25(19-29(27)40(14-7-15-40)28(26)18-24)31-21-42-35(46-31)33-9-6-17-48(33)37(50)23(2)44-39(52)54-4/h10-13,18-23,32-33H,5-9,14-17H2,1-4H3,(H,41,45)(H,42,46)(H,43,51)(H,44,52)/t22-,23-,32-,33?/m0/s1. The Hall–Kier alpha value is -5.66. The molecule has 2 aromatic heterocycles. The van der Waals surface area contributed by atoms with Crippen LogP contribution in [0.15, 0.2) is 48.8 Å². The minimum absolute atomic E-state index is 0.0721. The van der Waals surface area contributed by atoms with Crippen molar-refractivity contribution < 1.29 is 28.7 Å². The molecule has 282 valence electrons. The third-order valence-electron chi connectivity index (χ3n) is 11.9. The Balaban J connectivity index is 1.02. The lowest BCUT2D eigenvalue weighted by Crippen LogP contribution is -2.46. The number of ether oxygens (including phenoxy) is 2. The van der Waals surface area contributed by atoms with Crippen LogP contribution in [0, 0.1) is 0 Å². The molecule has 2 aliphatic heterocycles. The Bertz CT molecular complexity index is 1980. The lowest BCUT2D eigenvalue weighted by atomic mass is 9.62. The van der Waals surface area contributed by atoms with Crippen molar-refractivity contribution in [1.29, 1.82) is 0 Å². The first-order valence-electron chi connectivity index (χ1n) is 18.8. The molecule has 0 radical (unpaired) electrons. The molecule has 4 aliphatic rings. The summed E-state index contributed by atoms with van der Waals surface area (Å²) >= 11 is 0. The Labute approximate surface area is 313 Å². The van der Waals surface area contributed by atoms with E-state index in [2.05, 4.69) is 66.5 Å². The number of carbonyl (C=O) groups is 4. The molecule has 2 aromatic carbocycles. The third-order valence-corrected chi connectivity index (χ3v) is 11.9. The van der Waals surface area contributed by atoms with Crippen LogP contribution in [-0.2, 0) is 24.5 Å². The first-order chi connectivity index (χ1) is 26.1. The Kier molecular flexibility index (Phi) is 9.14. The number of aromatic nitrogens is 4. The molecule has 1 saturated carbocycles. The molecule has 4 N–H and O–H groups in total. The van der Waals surface area contributed by atoms with Crippen LogP contribution >= 0.6 is 0 Å². The largest absolute Gasteiger partial charge is 0.453 e. The average Bonchev–Trinajstić information content (AvgIpc) is 4.01. The van der Waals surface area contributed by atoms with Gasteiger partial charge in [-0.3, -0.25) is 9.59 Å². The van der Waals surface area contributed by atoms with Crippen molar-refractivity contribution in [2.75, 3.05) is 27.3 Å². The molecule has 4 amide bonds. The maximum absolute atomic E-state index is 13.3. The van der Waals surface area contributed by atoms with E-state index in [4.69, 9.17) is 9.97 Å². The van der Waals surface area contributed by atoms with Crippen molar-refractivity contribution in [2.45, 2.75) is 88.4 Å². The number of hydrogen-bond acceptors (Lipinski definition) is 8. The normalized spacial score (nSPS) is 20.5. The third kappa shape index (κ3) is 5.97. The van der Waals surface area contributed by atoms with Gasteiger partial charge >= 0.3 is 12.2 Å². The first kappa shape index (κ1) is 35.4. The highest BCUT2D eigenvalue weighted by Crippen LogP contribution is 2.59. The van der Waals surface area contributed by atoms with Crippen molar-refractivity contribution in [3.63, 3.8) is 0 Å². The molecule has 14 nitrogen and oxygen atoms in total. The molecule has 14 heteroatoms. The van der Waals surface area contributed by atoms with E-state index in [-0.39, 0.29) is 29.3 Å². The SMILES string of the molecule is COC(=O)N[C@@H](C)C(=O)N1CCCC1c1ncc(-c2ccc3c(c2)C2(CCC2)c2cc(-c4cnc([C@@H]5CCCN5C(=O)[C@H](C)NC(=O)OC)[nH]4)ccc2-3)[nH]1. The zero-order chi connectivity index (χ0) is 37.7. The number of H-pyrrole nitrogens is 2. The Morgan fingerprint density at radius 3 is 1.56 bits per heavy atom.